The van der Waals surface area contributed by atoms with Gasteiger partial charge in [-0.05, 0) is 32.1 Å². The molecule has 156 valence electrons. The van der Waals surface area contributed by atoms with Gasteiger partial charge in [0.15, 0.2) is 5.96 Å². The number of hydrogen-bond acceptors (Lipinski definition) is 4. The monoisotopic (exact) mass is 499 g/mol. The molecule has 0 fully saturated rings. The van der Waals surface area contributed by atoms with Crippen LogP contribution >= 0.6 is 24.0 Å². The first kappa shape index (κ1) is 24.4. The van der Waals surface area contributed by atoms with Crippen molar-refractivity contribution >= 4 is 29.9 Å². The number of rotatable bonds is 7. The van der Waals surface area contributed by atoms with Crippen LogP contribution in [0.2, 0.25) is 0 Å². The predicted octanol–water partition coefficient (Wildman–Crippen LogP) is 3.91. The second kappa shape index (κ2) is 11.4. The van der Waals surface area contributed by atoms with Gasteiger partial charge in [-0.25, -0.2) is 9.98 Å². The van der Waals surface area contributed by atoms with Crippen LogP contribution in [-0.2, 0) is 25.0 Å². The molecule has 0 bridgehead atoms. The molecule has 1 aromatic heterocycles. The summed E-state index contributed by atoms with van der Waals surface area (Å²) in [6, 6.07) is 8.43. The molecule has 28 heavy (non-hydrogen) atoms. The first-order valence-electron chi connectivity index (χ1n) is 9.48. The summed E-state index contributed by atoms with van der Waals surface area (Å²) in [6.07, 6.45) is 1.80. The van der Waals surface area contributed by atoms with E-state index in [0.717, 1.165) is 24.8 Å². The number of nitrogens with one attached hydrogen (secondary N) is 2. The lowest BCUT2D eigenvalue weighted by molar-refractivity contribution is 0.379. The van der Waals surface area contributed by atoms with Crippen molar-refractivity contribution in [3.8, 4) is 0 Å². The van der Waals surface area contributed by atoms with E-state index in [0.29, 0.717) is 19.0 Å². The van der Waals surface area contributed by atoms with Gasteiger partial charge in [-0.1, -0.05) is 45.0 Å². The topological polar surface area (TPSA) is 65.7 Å². The van der Waals surface area contributed by atoms with Crippen LogP contribution < -0.4 is 10.6 Å². The Morgan fingerprint density at radius 3 is 2.39 bits per heavy atom. The Morgan fingerprint density at radius 2 is 1.82 bits per heavy atom. The number of nitrogens with zero attached hydrogens (tertiary/aromatic N) is 3. The Balaban J connectivity index is 0.00000392. The highest BCUT2D eigenvalue weighted by atomic mass is 127. The van der Waals surface area contributed by atoms with Gasteiger partial charge in [-0.15, -0.1) is 24.0 Å². The lowest BCUT2D eigenvalue weighted by Gasteiger charge is -2.14. The van der Waals surface area contributed by atoms with E-state index < -0.39 is 0 Å². The van der Waals surface area contributed by atoms with E-state index >= 15 is 0 Å². The second-order valence-electron chi connectivity index (χ2n) is 7.92. The third-order valence-electron chi connectivity index (χ3n) is 4.06. The molecule has 0 saturated carbocycles. The van der Waals surface area contributed by atoms with Crippen molar-refractivity contribution in [2.45, 2.75) is 52.7 Å². The van der Waals surface area contributed by atoms with Crippen LogP contribution in [0.15, 0.2) is 39.9 Å². The average Bonchev–Trinajstić information content (AvgIpc) is 3.07. The fourth-order valence-electron chi connectivity index (χ4n) is 2.61. The summed E-state index contributed by atoms with van der Waals surface area (Å²) < 4.78 is 5.84. The van der Waals surface area contributed by atoms with Crippen LogP contribution in [-0.4, -0.2) is 36.5 Å². The molecule has 0 radical (unpaired) electrons. The van der Waals surface area contributed by atoms with Crippen LogP contribution in [0.1, 0.15) is 50.5 Å². The highest BCUT2D eigenvalue weighted by Crippen LogP contribution is 2.22. The SMILES string of the molecule is CCNC(=NCc1ccccc1CN(C)C)NCc1ncc(C(C)(C)C)o1.I. The van der Waals surface area contributed by atoms with E-state index in [2.05, 4.69) is 86.6 Å². The second-order valence-corrected chi connectivity index (χ2v) is 7.92. The number of aromatic nitrogens is 1. The molecule has 2 aromatic rings. The van der Waals surface area contributed by atoms with Gasteiger partial charge in [0.05, 0.1) is 19.3 Å². The average molecular weight is 499 g/mol. The van der Waals surface area contributed by atoms with Gasteiger partial charge >= 0.3 is 0 Å². The van der Waals surface area contributed by atoms with Gasteiger partial charge in [-0.2, -0.15) is 0 Å². The molecule has 1 aromatic carbocycles. The van der Waals surface area contributed by atoms with Crippen molar-refractivity contribution in [1.29, 1.82) is 0 Å². The maximum absolute atomic E-state index is 5.84. The number of benzene rings is 1. The molecule has 0 spiro atoms. The van der Waals surface area contributed by atoms with Crippen LogP contribution in [0.25, 0.3) is 0 Å². The van der Waals surface area contributed by atoms with Gasteiger partial charge in [0.25, 0.3) is 0 Å². The van der Waals surface area contributed by atoms with Crippen molar-refractivity contribution in [2.75, 3.05) is 20.6 Å². The maximum atomic E-state index is 5.84. The lowest BCUT2D eigenvalue weighted by Crippen LogP contribution is -2.36. The summed E-state index contributed by atoms with van der Waals surface area (Å²) in [5, 5.41) is 6.58. The molecule has 0 amide bonds. The van der Waals surface area contributed by atoms with Crippen molar-refractivity contribution < 1.29 is 4.42 Å². The summed E-state index contributed by atoms with van der Waals surface area (Å²) in [5.74, 6) is 2.31. The fraction of sp³-hybridized carbons (Fsp3) is 0.524. The molecule has 0 unspecified atom stereocenters. The maximum Gasteiger partial charge on any atom is 0.213 e. The van der Waals surface area contributed by atoms with Gasteiger partial charge in [0, 0.05) is 18.5 Å². The van der Waals surface area contributed by atoms with Crippen LogP contribution in [0.4, 0.5) is 0 Å². The molecule has 1 heterocycles. The van der Waals surface area contributed by atoms with E-state index in [9.17, 15) is 0 Å². The smallest absolute Gasteiger partial charge is 0.213 e. The molecule has 2 rings (SSSR count). The zero-order valence-electron chi connectivity index (χ0n) is 17.9. The first-order valence-corrected chi connectivity index (χ1v) is 9.48. The summed E-state index contributed by atoms with van der Waals surface area (Å²) in [6.45, 7) is 11.2. The molecule has 7 heteroatoms. The van der Waals surface area contributed by atoms with Crippen LogP contribution in [0, 0.1) is 0 Å². The predicted molar refractivity (Wildman–Crippen MR) is 126 cm³/mol. The Morgan fingerprint density at radius 1 is 1.14 bits per heavy atom. The minimum Gasteiger partial charge on any atom is -0.443 e. The Labute approximate surface area is 186 Å². The van der Waals surface area contributed by atoms with Gasteiger partial charge in [0.2, 0.25) is 5.89 Å². The van der Waals surface area contributed by atoms with E-state index in [-0.39, 0.29) is 29.4 Å². The molecule has 2 N–H and O–H groups in total. The molecule has 0 aliphatic carbocycles. The minimum absolute atomic E-state index is 0. The number of guanidine groups is 1. The molecule has 0 aliphatic heterocycles. The Kier molecular flexibility index (Phi) is 9.95. The van der Waals surface area contributed by atoms with Crippen molar-refractivity contribution in [3.63, 3.8) is 0 Å². The van der Waals surface area contributed by atoms with Crippen LogP contribution in [0.5, 0.6) is 0 Å². The third kappa shape index (κ3) is 7.79. The highest BCUT2D eigenvalue weighted by molar-refractivity contribution is 14.0. The Bertz CT molecular complexity index is 749. The molecule has 6 nitrogen and oxygen atoms in total. The number of halogens is 1. The standard InChI is InChI=1S/C21H33N5O.HI/c1-7-22-20(25-14-19-23-13-18(27-19)21(2,3)4)24-12-16-10-8-9-11-17(16)15-26(5)6;/h8-11,13H,7,12,14-15H2,1-6H3,(H2,22,24,25);1H. The van der Waals surface area contributed by atoms with Crippen LogP contribution in [0.3, 0.4) is 0 Å². The molecular weight excluding hydrogens is 465 g/mol. The number of aliphatic imine (C=N–C) groups is 1. The van der Waals surface area contributed by atoms with Crippen molar-refractivity contribution in [2.24, 2.45) is 4.99 Å². The molecule has 0 aliphatic rings. The zero-order valence-corrected chi connectivity index (χ0v) is 20.2. The molecule has 0 atom stereocenters. The van der Waals surface area contributed by atoms with Gasteiger partial charge in [0.1, 0.15) is 5.76 Å². The number of oxazole rings is 1. The first-order chi connectivity index (χ1) is 12.8. The van der Waals surface area contributed by atoms with Gasteiger partial charge in [-0.3, -0.25) is 0 Å². The summed E-state index contributed by atoms with van der Waals surface area (Å²) in [4.78, 5) is 11.3. The van der Waals surface area contributed by atoms with E-state index in [1.165, 1.54) is 11.1 Å². The zero-order chi connectivity index (χ0) is 19.9. The van der Waals surface area contributed by atoms with E-state index in [1.54, 1.807) is 6.20 Å². The summed E-state index contributed by atoms with van der Waals surface area (Å²) >= 11 is 0. The lowest BCUT2D eigenvalue weighted by atomic mass is 9.94. The molecular formula is C21H34IN5O. The highest BCUT2D eigenvalue weighted by Gasteiger charge is 2.19. The largest absolute Gasteiger partial charge is 0.443 e. The quantitative estimate of drug-likeness (QED) is 0.344. The van der Waals surface area contributed by atoms with Crippen molar-refractivity contribution in [1.82, 2.24) is 20.5 Å². The third-order valence-corrected chi connectivity index (χ3v) is 4.06. The fourth-order valence-corrected chi connectivity index (χ4v) is 2.61. The number of hydrogen-bond donors (Lipinski definition) is 2. The normalized spacial score (nSPS) is 12.0. The van der Waals surface area contributed by atoms with Gasteiger partial charge < -0.3 is 20.0 Å². The summed E-state index contributed by atoms with van der Waals surface area (Å²) in [5.41, 5.74) is 2.49. The minimum atomic E-state index is -0.0417. The molecule has 0 saturated heterocycles. The Hall–Kier alpha value is -1.61. The summed E-state index contributed by atoms with van der Waals surface area (Å²) in [7, 11) is 4.15. The van der Waals surface area contributed by atoms with E-state index in [4.69, 9.17) is 9.41 Å². The van der Waals surface area contributed by atoms with Crippen molar-refractivity contribution in [3.05, 3.63) is 53.2 Å². The van der Waals surface area contributed by atoms with E-state index in [1.807, 2.05) is 0 Å².